The number of pyridine rings is 1. The molecule has 0 fully saturated rings. The van der Waals surface area contributed by atoms with Crippen molar-refractivity contribution in [3.8, 4) is 5.75 Å². The number of nitro benzene ring substituents is 1. The first-order valence-corrected chi connectivity index (χ1v) is 7.15. The van der Waals surface area contributed by atoms with Gasteiger partial charge in [0.05, 0.1) is 15.0 Å². The fourth-order valence-corrected chi connectivity index (χ4v) is 1.95. The highest BCUT2D eigenvalue weighted by Crippen LogP contribution is 2.29. The van der Waals surface area contributed by atoms with Crippen LogP contribution in [-0.4, -0.2) is 21.9 Å². The lowest BCUT2D eigenvalue weighted by atomic mass is 10.3. The molecule has 1 heterocycles. The van der Waals surface area contributed by atoms with Gasteiger partial charge in [0.2, 0.25) is 0 Å². The van der Waals surface area contributed by atoms with Crippen LogP contribution in [0.4, 0.5) is 11.5 Å². The molecule has 0 unspecified atom stereocenters. The summed E-state index contributed by atoms with van der Waals surface area (Å²) < 4.78 is 5.42. The van der Waals surface area contributed by atoms with E-state index in [0.717, 1.165) is 6.07 Å². The lowest BCUT2D eigenvalue weighted by Crippen LogP contribution is -2.30. The number of non-ortho nitro benzene ring substituents is 1. The van der Waals surface area contributed by atoms with Gasteiger partial charge in [0.15, 0.2) is 6.10 Å². The highest BCUT2D eigenvalue weighted by molar-refractivity contribution is 6.32. The van der Waals surface area contributed by atoms with Crippen LogP contribution in [0.3, 0.4) is 0 Å². The first-order chi connectivity index (χ1) is 10.9. The summed E-state index contributed by atoms with van der Waals surface area (Å²) in [5, 5.41) is 13.7. The highest BCUT2D eigenvalue weighted by atomic mass is 35.5. The van der Waals surface area contributed by atoms with Gasteiger partial charge in [-0.2, -0.15) is 0 Å². The number of carbonyl (C=O) groups excluding carboxylic acids is 1. The molecule has 0 saturated heterocycles. The Balaban J connectivity index is 2.03. The van der Waals surface area contributed by atoms with Gasteiger partial charge in [0.25, 0.3) is 11.6 Å². The molecule has 0 saturated carbocycles. The Morgan fingerprint density at radius 1 is 1.35 bits per heavy atom. The number of ether oxygens (including phenoxy) is 1. The maximum absolute atomic E-state index is 12.0. The molecule has 1 N–H and O–H groups in total. The molecule has 120 valence electrons. The number of anilines is 1. The molecular weight excluding hydrogens is 345 g/mol. The molecule has 2 rings (SSSR count). The fourth-order valence-electron chi connectivity index (χ4n) is 1.62. The van der Waals surface area contributed by atoms with Gasteiger partial charge < -0.3 is 10.1 Å². The molecule has 1 aromatic heterocycles. The Labute approximate surface area is 141 Å². The van der Waals surface area contributed by atoms with Gasteiger partial charge in [-0.25, -0.2) is 4.98 Å². The molecule has 0 spiro atoms. The molecule has 0 radical (unpaired) electrons. The predicted molar refractivity (Wildman–Crippen MR) is 86.1 cm³/mol. The number of aromatic nitrogens is 1. The second kappa shape index (κ2) is 7.26. The van der Waals surface area contributed by atoms with Crippen molar-refractivity contribution in [2.75, 3.05) is 5.32 Å². The molecule has 0 bridgehead atoms. The average Bonchev–Trinajstić information content (AvgIpc) is 2.51. The zero-order valence-electron chi connectivity index (χ0n) is 11.8. The molecule has 9 heteroatoms. The van der Waals surface area contributed by atoms with Crippen molar-refractivity contribution in [3.63, 3.8) is 0 Å². The van der Waals surface area contributed by atoms with Crippen LogP contribution in [-0.2, 0) is 4.79 Å². The third kappa shape index (κ3) is 4.54. The zero-order chi connectivity index (χ0) is 17.0. The monoisotopic (exact) mass is 355 g/mol. The van der Waals surface area contributed by atoms with Crippen LogP contribution in [0, 0.1) is 10.1 Å². The first kappa shape index (κ1) is 17.0. The highest BCUT2D eigenvalue weighted by Gasteiger charge is 2.18. The van der Waals surface area contributed by atoms with Gasteiger partial charge >= 0.3 is 0 Å². The summed E-state index contributed by atoms with van der Waals surface area (Å²) in [7, 11) is 0. The van der Waals surface area contributed by atoms with Crippen molar-refractivity contribution in [2.24, 2.45) is 0 Å². The van der Waals surface area contributed by atoms with Crippen molar-refractivity contribution < 1.29 is 14.5 Å². The molecule has 1 atom stereocenters. The second-order valence-corrected chi connectivity index (χ2v) is 5.33. The van der Waals surface area contributed by atoms with Crippen molar-refractivity contribution in [1.29, 1.82) is 0 Å². The van der Waals surface area contributed by atoms with Crippen LogP contribution >= 0.6 is 23.2 Å². The van der Waals surface area contributed by atoms with E-state index >= 15 is 0 Å². The van der Waals surface area contributed by atoms with E-state index in [1.807, 2.05) is 0 Å². The Morgan fingerprint density at radius 3 is 2.65 bits per heavy atom. The van der Waals surface area contributed by atoms with E-state index in [1.54, 1.807) is 12.1 Å². The van der Waals surface area contributed by atoms with E-state index < -0.39 is 16.9 Å². The second-order valence-electron chi connectivity index (χ2n) is 4.48. The molecule has 2 aromatic rings. The maximum Gasteiger partial charge on any atom is 0.271 e. The van der Waals surface area contributed by atoms with Gasteiger partial charge in [-0.05, 0) is 25.1 Å². The maximum atomic E-state index is 12.0. The minimum atomic E-state index is -0.883. The summed E-state index contributed by atoms with van der Waals surface area (Å²) in [4.78, 5) is 26.0. The number of rotatable bonds is 5. The smallest absolute Gasteiger partial charge is 0.271 e. The summed E-state index contributed by atoms with van der Waals surface area (Å²) in [5.74, 6) is 0.0443. The average molecular weight is 356 g/mol. The molecule has 1 aromatic carbocycles. The van der Waals surface area contributed by atoms with Gasteiger partial charge in [-0.1, -0.05) is 23.2 Å². The summed E-state index contributed by atoms with van der Waals surface area (Å²) in [6.07, 6.45) is 0.516. The topological polar surface area (TPSA) is 94.4 Å². The molecule has 0 aliphatic heterocycles. The van der Waals surface area contributed by atoms with E-state index in [1.165, 1.54) is 25.3 Å². The van der Waals surface area contributed by atoms with Crippen LogP contribution in [0.25, 0.3) is 0 Å². The van der Waals surface area contributed by atoms with Crippen LogP contribution in [0.15, 0.2) is 36.5 Å². The van der Waals surface area contributed by atoms with Gasteiger partial charge in [-0.15, -0.1) is 0 Å². The van der Waals surface area contributed by atoms with Crippen LogP contribution < -0.4 is 10.1 Å². The summed E-state index contributed by atoms with van der Waals surface area (Å²) >= 11 is 11.6. The summed E-state index contributed by atoms with van der Waals surface area (Å²) in [6.45, 7) is 1.52. The minimum Gasteiger partial charge on any atom is -0.479 e. The number of benzene rings is 1. The molecule has 0 aliphatic carbocycles. The van der Waals surface area contributed by atoms with Crippen LogP contribution in [0.5, 0.6) is 5.75 Å². The van der Waals surface area contributed by atoms with Gasteiger partial charge in [-0.3, -0.25) is 14.9 Å². The number of nitrogens with one attached hydrogen (secondary N) is 1. The Kier molecular flexibility index (Phi) is 5.36. The van der Waals surface area contributed by atoms with E-state index in [-0.39, 0.29) is 16.5 Å². The molecular formula is C14H11Cl2N3O4. The van der Waals surface area contributed by atoms with Gasteiger partial charge in [0, 0.05) is 18.3 Å². The standard InChI is InChI=1S/C14H11Cl2N3O4/c1-8(14(20)18-13-5-2-9(15)7-17-13)23-12-4-3-10(19(21)22)6-11(12)16/h2-8H,1H3,(H,17,18,20)/t8-/m1/s1. The van der Waals surface area contributed by atoms with Crippen molar-refractivity contribution in [3.05, 3.63) is 56.7 Å². The van der Waals surface area contributed by atoms with Crippen LogP contribution in [0.2, 0.25) is 10.0 Å². The molecule has 7 nitrogen and oxygen atoms in total. The summed E-state index contributed by atoms with van der Waals surface area (Å²) in [5.41, 5.74) is -0.162. The molecule has 23 heavy (non-hydrogen) atoms. The van der Waals surface area contributed by atoms with E-state index in [2.05, 4.69) is 10.3 Å². The predicted octanol–water partition coefficient (Wildman–Crippen LogP) is 3.70. The van der Waals surface area contributed by atoms with E-state index in [0.29, 0.717) is 10.8 Å². The largest absolute Gasteiger partial charge is 0.479 e. The number of carbonyl (C=O) groups is 1. The number of hydrogen-bond donors (Lipinski definition) is 1. The summed E-state index contributed by atoms with van der Waals surface area (Å²) in [6, 6.07) is 6.87. The minimum absolute atomic E-state index is 0.0449. The number of halogens is 2. The Bertz CT molecular complexity index is 737. The van der Waals surface area contributed by atoms with Crippen LogP contribution in [0.1, 0.15) is 6.92 Å². The number of nitro groups is 1. The fraction of sp³-hybridized carbons (Fsp3) is 0.143. The normalized spacial score (nSPS) is 11.6. The number of hydrogen-bond acceptors (Lipinski definition) is 5. The number of nitrogens with zero attached hydrogens (tertiary/aromatic N) is 2. The molecule has 0 aliphatic rings. The lowest BCUT2D eigenvalue weighted by Gasteiger charge is -2.15. The van der Waals surface area contributed by atoms with Crippen molar-refractivity contribution in [2.45, 2.75) is 13.0 Å². The van der Waals surface area contributed by atoms with E-state index in [9.17, 15) is 14.9 Å². The van der Waals surface area contributed by atoms with Crippen molar-refractivity contribution in [1.82, 2.24) is 4.98 Å². The third-order valence-corrected chi connectivity index (χ3v) is 3.30. The number of amides is 1. The van der Waals surface area contributed by atoms with E-state index in [4.69, 9.17) is 27.9 Å². The molecule has 1 amide bonds. The quantitative estimate of drug-likeness (QED) is 0.651. The van der Waals surface area contributed by atoms with Crippen molar-refractivity contribution >= 4 is 40.6 Å². The lowest BCUT2D eigenvalue weighted by molar-refractivity contribution is -0.384. The zero-order valence-corrected chi connectivity index (χ0v) is 13.3. The Hall–Kier alpha value is -2.38. The SMILES string of the molecule is C[C@@H](Oc1ccc([N+](=O)[O-])cc1Cl)C(=O)Nc1ccc(Cl)cn1. The third-order valence-electron chi connectivity index (χ3n) is 2.78. The Morgan fingerprint density at radius 2 is 2.09 bits per heavy atom. The van der Waals surface area contributed by atoms with Gasteiger partial charge in [0.1, 0.15) is 11.6 Å². The first-order valence-electron chi connectivity index (χ1n) is 6.40.